The molecule has 0 fully saturated rings. The van der Waals surface area contributed by atoms with Crippen molar-refractivity contribution in [2.45, 2.75) is 19.4 Å². The number of hydrogen-bond acceptors (Lipinski definition) is 3. The summed E-state index contributed by atoms with van der Waals surface area (Å²) in [5.74, 6) is 0.481. The molecule has 0 heterocycles. The average Bonchev–Trinajstić information content (AvgIpc) is 2.20. The monoisotopic (exact) mass is 195 g/mol. The lowest BCUT2D eigenvalue weighted by Crippen LogP contribution is -2.09. The number of phenols is 1. The first kappa shape index (κ1) is 11.0. The van der Waals surface area contributed by atoms with Gasteiger partial charge in [0.25, 0.3) is 0 Å². The Morgan fingerprint density at radius 3 is 2.79 bits per heavy atom. The van der Waals surface area contributed by atoms with Gasteiger partial charge in [0.1, 0.15) is 5.75 Å². The van der Waals surface area contributed by atoms with E-state index < -0.39 is 0 Å². The van der Waals surface area contributed by atoms with Gasteiger partial charge in [0.05, 0.1) is 6.61 Å². The molecule has 0 bridgehead atoms. The van der Waals surface area contributed by atoms with Crippen molar-refractivity contribution in [2.24, 2.45) is 5.73 Å². The van der Waals surface area contributed by atoms with Crippen LogP contribution in [0, 0.1) is 0 Å². The SMILES string of the molecule is COCc1ccc(O)c(C(C)CN)c1. The highest BCUT2D eigenvalue weighted by molar-refractivity contribution is 5.38. The van der Waals surface area contributed by atoms with Crippen molar-refractivity contribution >= 4 is 0 Å². The fourth-order valence-corrected chi connectivity index (χ4v) is 1.38. The fraction of sp³-hybridized carbons (Fsp3) is 0.455. The van der Waals surface area contributed by atoms with E-state index >= 15 is 0 Å². The minimum Gasteiger partial charge on any atom is -0.508 e. The summed E-state index contributed by atoms with van der Waals surface area (Å²) < 4.78 is 5.02. The third-order valence-electron chi connectivity index (χ3n) is 2.29. The Labute approximate surface area is 84.5 Å². The number of ether oxygens (including phenoxy) is 1. The molecule has 3 N–H and O–H groups in total. The van der Waals surface area contributed by atoms with Crippen molar-refractivity contribution in [3.8, 4) is 5.75 Å². The maximum Gasteiger partial charge on any atom is 0.119 e. The molecule has 0 aromatic heterocycles. The van der Waals surface area contributed by atoms with E-state index in [9.17, 15) is 5.11 Å². The topological polar surface area (TPSA) is 55.5 Å². The van der Waals surface area contributed by atoms with Crippen LogP contribution in [0.2, 0.25) is 0 Å². The zero-order valence-electron chi connectivity index (χ0n) is 8.66. The first-order valence-corrected chi connectivity index (χ1v) is 4.69. The van der Waals surface area contributed by atoms with Gasteiger partial charge in [-0.25, -0.2) is 0 Å². The Bertz CT molecular complexity index is 299. The normalized spacial score (nSPS) is 12.8. The van der Waals surface area contributed by atoms with Crippen molar-refractivity contribution in [3.05, 3.63) is 29.3 Å². The Kier molecular flexibility index (Phi) is 3.92. The van der Waals surface area contributed by atoms with Crippen LogP contribution >= 0.6 is 0 Å². The van der Waals surface area contributed by atoms with Crippen LogP contribution in [0.15, 0.2) is 18.2 Å². The van der Waals surface area contributed by atoms with E-state index in [4.69, 9.17) is 10.5 Å². The molecule has 0 aliphatic rings. The van der Waals surface area contributed by atoms with Crippen molar-refractivity contribution in [1.29, 1.82) is 0 Å². The lowest BCUT2D eigenvalue weighted by Gasteiger charge is -2.12. The van der Waals surface area contributed by atoms with E-state index in [1.54, 1.807) is 13.2 Å². The predicted octanol–water partition coefficient (Wildman–Crippen LogP) is 1.60. The van der Waals surface area contributed by atoms with Crippen LogP contribution < -0.4 is 5.73 Å². The van der Waals surface area contributed by atoms with Gasteiger partial charge in [-0.15, -0.1) is 0 Å². The second-order valence-corrected chi connectivity index (χ2v) is 3.46. The molecule has 0 saturated carbocycles. The summed E-state index contributed by atoms with van der Waals surface area (Å²) in [6.07, 6.45) is 0. The maximum atomic E-state index is 9.61. The molecule has 78 valence electrons. The van der Waals surface area contributed by atoms with E-state index in [0.29, 0.717) is 18.9 Å². The lowest BCUT2D eigenvalue weighted by atomic mass is 9.98. The van der Waals surface area contributed by atoms with Gasteiger partial charge in [-0.2, -0.15) is 0 Å². The highest BCUT2D eigenvalue weighted by Crippen LogP contribution is 2.26. The molecular formula is C11H17NO2. The number of rotatable bonds is 4. The number of benzene rings is 1. The quantitative estimate of drug-likeness (QED) is 0.767. The number of nitrogens with two attached hydrogens (primary N) is 1. The molecule has 0 radical (unpaired) electrons. The molecule has 0 aliphatic heterocycles. The molecule has 0 amide bonds. The number of phenolic OH excluding ortho intramolecular Hbond substituents is 1. The van der Waals surface area contributed by atoms with Crippen LogP contribution in [0.3, 0.4) is 0 Å². The van der Waals surface area contributed by atoms with Crippen LogP contribution in [0.25, 0.3) is 0 Å². The molecule has 14 heavy (non-hydrogen) atoms. The van der Waals surface area contributed by atoms with E-state index in [1.807, 2.05) is 19.1 Å². The predicted molar refractivity (Wildman–Crippen MR) is 56.3 cm³/mol. The first-order valence-electron chi connectivity index (χ1n) is 4.69. The van der Waals surface area contributed by atoms with E-state index in [-0.39, 0.29) is 5.92 Å². The van der Waals surface area contributed by atoms with Gasteiger partial charge in [0, 0.05) is 7.11 Å². The first-order chi connectivity index (χ1) is 6.69. The highest BCUT2D eigenvalue weighted by atomic mass is 16.5. The molecular weight excluding hydrogens is 178 g/mol. The molecule has 0 aliphatic carbocycles. The molecule has 1 rings (SSSR count). The molecule has 1 unspecified atom stereocenters. The van der Waals surface area contributed by atoms with Crippen LogP contribution in [0.1, 0.15) is 24.0 Å². The van der Waals surface area contributed by atoms with Crippen molar-refractivity contribution in [2.75, 3.05) is 13.7 Å². The minimum atomic E-state index is 0.173. The molecule has 3 nitrogen and oxygen atoms in total. The summed E-state index contributed by atoms with van der Waals surface area (Å²) in [6, 6.07) is 5.48. The Hall–Kier alpha value is -1.06. The Morgan fingerprint density at radius 2 is 2.21 bits per heavy atom. The van der Waals surface area contributed by atoms with Crippen molar-refractivity contribution < 1.29 is 9.84 Å². The Morgan fingerprint density at radius 1 is 1.50 bits per heavy atom. The minimum absolute atomic E-state index is 0.173. The molecule has 0 spiro atoms. The lowest BCUT2D eigenvalue weighted by molar-refractivity contribution is 0.184. The molecule has 3 heteroatoms. The summed E-state index contributed by atoms with van der Waals surface area (Å²) in [6.45, 7) is 3.08. The summed E-state index contributed by atoms with van der Waals surface area (Å²) in [5, 5.41) is 9.61. The van der Waals surface area contributed by atoms with Gasteiger partial charge >= 0.3 is 0 Å². The van der Waals surface area contributed by atoms with Crippen LogP contribution in [0.5, 0.6) is 5.75 Å². The van der Waals surface area contributed by atoms with Gasteiger partial charge in [0.15, 0.2) is 0 Å². The van der Waals surface area contributed by atoms with Gasteiger partial charge < -0.3 is 15.6 Å². The summed E-state index contributed by atoms with van der Waals surface area (Å²) in [5.41, 5.74) is 7.50. The number of aromatic hydroxyl groups is 1. The van der Waals surface area contributed by atoms with E-state index in [2.05, 4.69) is 0 Å². The molecule has 1 atom stereocenters. The van der Waals surface area contributed by atoms with Crippen molar-refractivity contribution in [3.63, 3.8) is 0 Å². The molecule has 1 aromatic rings. The summed E-state index contributed by atoms with van der Waals surface area (Å²) in [7, 11) is 1.65. The molecule has 0 saturated heterocycles. The third kappa shape index (κ3) is 2.47. The van der Waals surface area contributed by atoms with Crippen LogP contribution in [-0.2, 0) is 11.3 Å². The largest absolute Gasteiger partial charge is 0.508 e. The summed E-state index contributed by atoms with van der Waals surface area (Å²) in [4.78, 5) is 0. The second-order valence-electron chi connectivity index (χ2n) is 3.46. The standard InChI is InChI=1S/C11H17NO2/c1-8(6-12)10-5-9(7-14-2)3-4-11(10)13/h3-5,8,13H,6-7,12H2,1-2H3. The van der Waals surface area contributed by atoms with Crippen LogP contribution in [0.4, 0.5) is 0 Å². The maximum absolute atomic E-state index is 9.61. The van der Waals surface area contributed by atoms with Gasteiger partial charge in [-0.3, -0.25) is 0 Å². The van der Waals surface area contributed by atoms with E-state index in [1.165, 1.54) is 0 Å². The van der Waals surface area contributed by atoms with Gasteiger partial charge in [-0.05, 0) is 35.7 Å². The number of hydrogen-bond donors (Lipinski definition) is 2. The second kappa shape index (κ2) is 4.98. The average molecular weight is 195 g/mol. The van der Waals surface area contributed by atoms with Gasteiger partial charge in [-0.1, -0.05) is 13.0 Å². The highest BCUT2D eigenvalue weighted by Gasteiger charge is 2.09. The number of methoxy groups -OCH3 is 1. The van der Waals surface area contributed by atoms with Crippen LogP contribution in [-0.4, -0.2) is 18.8 Å². The zero-order valence-corrected chi connectivity index (χ0v) is 8.66. The van der Waals surface area contributed by atoms with Gasteiger partial charge in [0.2, 0.25) is 0 Å². The third-order valence-corrected chi connectivity index (χ3v) is 2.29. The summed E-state index contributed by atoms with van der Waals surface area (Å²) >= 11 is 0. The Balaban J connectivity index is 2.95. The van der Waals surface area contributed by atoms with Crippen molar-refractivity contribution in [1.82, 2.24) is 0 Å². The van der Waals surface area contributed by atoms with E-state index in [0.717, 1.165) is 11.1 Å². The molecule has 1 aromatic carbocycles. The smallest absolute Gasteiger partial charge is 0.119 e. The fourth-order valence-electron chi connectivity index (χ4n) is 1.38. The zero-order chi connectivity index (χ0) is 10.6.